The third-order valence-corrected chi connectivity index (χ3v) is 3.45. The summed E-state index contributed by atoms with van der Waals surface area (Å²) in [5.74, 6) is -1.42. The van der Waals surface area contributed by atoms with E-state index in [9.17, 15) is 14.7 Å². The minimum atomic E-state index is -0.806. The van der Waals surface area contributed by atoms with Crippen LogP contribution in [-0.4, -0.2) is 40.2 Å². The lowest BCUT2D eigenvalue weighted by Gasteiger charge is -2.29. The molecule has 1 saturated carbocycles. The van der Waals surface area contributed by atoms with Crippen LogP contribution in [0.1, 0.15) is 36.2 Å². The van der Waals surface area contributed by atoms with Gasteiger partial charge < -0.3 is 15.2 Å². The normalized spacial score (nSPS) is 22.1. The van der Waals surface area contributed by atoms with Gasteiger partial charge in [0.25, 0.3) is 0 Å². The molecule has 1 aliphatic carbocycles. The Kier molecular flexibility index (Phi) is 4.49. The van der Waals surface area contributed by atoms with E-state index in [0.29, 0.717) is 12.2 Å². The van der Waals surface area contributed by atoms with Crippen LogP contribution in [-0.2, 0) is 9.53 Å². The number of anilines is 1. The fraction of sp³-hybridized carbons (Fsp3) is 0.538. The number of aliphatic carboxylic acids is 1. The number of esters is 1. The zero-order valence-corrected chi connectivity index (χ0v) is 11.2. The van der Waals surface area contributed by atoms with Gasteiger partial charge in [-0.3, -0.25) is 9.78 Å². The van der Waals surface area contributed by atoms with Crippen molar-refractivity contribution in [3.8, 4) is 0 Å². The lowest BCUT2D eigenvalue weighted by molar-refractivity contribution is -0.143. The number of ether oxygens (including phenoxy) is 1. The van der Waals surface area contributed by atoms with Crippen LogP contribution >= 0.6 is 0 Å². The van der Waals surface area contributed by atoms with E-state index < -0.39 is 17.9 Å². The molecule has 7 nitrogen and oxygen atoms in total. The highest BCUT2D eigenvalue weighted by atomic mass is 16.5. The summed E-state index contributed by atoms with van der Waals surface area (Å²) in [5, 5.41) is 12.3. The number of nitrogens with zero attached hydrogens (tertiary/aromatic N) is 2. The molecule has 0 spiro atoms. The number of methoxy groups -OCH3 is 1. The first kappa shape index (κ1) is 14.2. The van der Waals surface area contributed by atoms with Crippen molar-refractivity contribution in [2.45, 2.75) is 31.7 Å². The second kappa shape index (κ2) is 6.31. The summed E-state index contributed by atoms with van der Waals surface area (Å²) < 4.78 is 4.58. The van der Waals surface area contributed by atoms with Crippen molar-refractivity contribution in [1.29, 1.82) is 0 Å². The van der Waals surface area contributed by atoms with Crippen molar-refractivity contribution in [2.24, 2.45) is 5.92 Å². The molecule has 0 bridgehead atoms. The van der Waals surface area contributed by atoms with Gasteiger partial charge in [0.2, 0.25) is 0 Å². The van der Waals surface area contributed by atoms with E-state index in [0.717, 1.165) is 19.3 Å². The van der Waals surface area contributed by atoms with Crippen LogP contribution < -0.4 is 5.32 Å². The molecule has 1 aromatic rings. The first-order valence-electron chi connectivity index (χ1n) is 6.51. The van der Waals surface area contributed by atoms with Crippen molar-refractivity contribution in [3.05, 3.63) is 18.1 Å². The number of carboxylic acid groups (broad SMARTS) is 1. The molecule has 1 aliphatic rings. The van der Waals surface area contributed by atoms with Crippen molar-refractivity contribution >= 4 is 17.8 Å². The lowest BCUT2D eigenvalue weighted by atomic mass is 9.84. The van der Waals surface area contributed by atoms with Gasteiger partial charge >= 0.3 is 11.9 Å². The maximum Gasteiger partial charge on any atom is 0.358 e. The molecule has 0 saturated heterocycles. The molecule has 0 amide bonds. The molecule has 1 heterocycles. The molecule has 2 rings (SSSR count). The zero-order chi connectivity index (χ0) is 14.5. The van der Waals surface area contributed by atoms with E-state index in [1.54, 1.807) is 0 Å². The SMILES string of the molecule is COC(=O)c1cncc(NC2CCCCC2C(=O)O)n1. The summed E-state index contributed by atoms with van der Waals surface area (Å²) in [7, 11) is 1.27. The third kappa shape index (κ3) is 3.23. The highest BCUT2D eigenvalue weighted by molar-refractivity contribution is 5.87. The number of hydrogen-bond donors (Lipinski definition) is 2. The summed E-state index contributed by atoms with van der Waals surface area (Å²) in [5.41, 5.74) is 0.0974. The van der Waals surface area contributed by atoms with Crippen LogP contribution in [0.15, 0.2) is 12.4 Å². The maximum absolute atomic E-state index is 11.4. The second-order valence-corrected chi connectivity index (χ2v) is 4.76. The summed E-state index contributed by atoms with van der Waals surface area (Å²) in [6.07, 6.45) is 6.10. The second-order valence-electron chi connectivity index (χ2n) is 4.76. The van der Waals surface area contributed by atoms with E-state index in [4.69, 9.17) is 0 Å². The van der Waals surface area contributed by atoms with Gasteiger partial charge in [0, 0.05) is 6.04 Å². The fourth-order valence-corrected chi connectivity index (χ4v) is 2.43. The standard InChI is InChI=1S/C13H17N3O4/c1-20-13(19)10-6-14-7-11(16-10)15-9-5-3-2-4-8(9)12(17)18/h6-9H,2-5H2,1H3,(H,15,16)(H,17,18). The Balaban J connectivity index is 2.12. The van der Waals surface area contributed by atoms with Crippen LogP contribution in [0.5, 0.6) is 0 Å². The monoisotopic (exact) mass is 279 g/mol. The predicted molar refractivity (Wildman–Crippen MR) is 70.4 cm³/mol. The van der Waals surface area contributed by atoms with Crippen LogP contribution in [0.25, 0.3) is 0 Å². The molecule has 20 heavy (non-hydrogen) atoms. The predicted octanol–water partition coefficient (Wildman–Crippen LogP) is 1.32. The number of rotatable bonds is 4. The van der Waals surface area contributed by atoms with Crippen LogP contribution in [0.4, 0.5) is 5.82 Å². The number of aromatic nitrogens is 2. The largest absolute Gasteiger partial charge is 0.481 e. The van der Waals surface area contributed by atoms with E-state index in [1.165, 1.54) is 19.5 Å². The quantitative estimate of drug-likeness (QED) is 0.801. The van der Waals surface area contributed by atoms with Gasteiger partial charge in [-0.15, -0.1) is 0 Å². The molecule has 1 aromatic heterocycles. The van der Waals surface area contributed by atoms with E-state index >= 15 is 0 Å². The van der Waals surface area contributed by atoms with Crippen molar-refractivity contribution < 1.29 is 19.4 Å². The van der Waals surface area contributed by atoms with E-state index in [-0.39, 0.29) is 11.7 Å². The van der Waals surface area contributed by atoms with Crippen LogP contribution in [0.2, 0.25) is 0 Å². The van der Waals surface area contributed by atoms with Gasteiger partial charge in [-0.2, -0.15) is 0 Å². The zero-order valence-electron chi connectivity index (χ0n) is 11.2. The van der Waals surface area contributed by atoms with Gasteiger partial charge in [0.15, 0.2) is 5.69 Å². The molecule has 7 heteroatoms. The summed E-state index contributed by atoms with van der Waals surface area (Å²) >= 11 is 0. The van der Waals surface area contributed by atoms with Crippen LogP contribution in [0, 0.1) is 5.92 Å². The molecule has 1 fully saturated rings. The minimum absolute atomic E-state index is 0.0974. The molecule has 0 radical (unpaired) electrons. The van der Waals surface area contributed by atoms with Gasteiger partial charge in [-0.1, -0.05) is 12.8 Å². The van der Waals surface area contributed by atoms with Gasteiger partial charge in [-0.05, 0) is 12.8 Å². The molecular weight excluding hydrogens is 262 g/mol. The summed E-state index contributed by atoms with van der Waals surface area (Å²) in [4.78, 5) is 30.6. The average Bonchev–Trinajstić information content (AvgIpc) is 2.47. The van der Waals surface area contributed by atoms with Gasteiger partial charge in [-0.25, -0.2) is 9.78 Å². The fourth-order valence-electron chi connectivity index (χ4n) is 2.43. The molecular formula is C13H17N3O4. The topological polar surface area (TPSA) is 101 Å². The molecule has 0 aliphatic heterocycles. The Morgan fingerprint density at radius 3 is 2.80 bits per heavy atom. The van der Waals surface area contributed by atoms with E-state index in [1.807, 2.05) is 0 Å². The lowest BCUT2D eigenvalue weighted by Crippen LogP contribution is -2.37. The smallest absolute Gasteiger partial charge is 0.358 e. The molecule has 2 atom stereocenters. The van der Waals surface area contributed by atoms with Crippen LogP contribution in [0.3, 0.4) is 0 Å². The highest BCUT2D eigenvalue weighted by Gasteiger charge is 2.31. The maximum atomic E-state index is 11.4. The van der Waals surface area contributed by atoms with Crippen molar-refractivity contribution in [1.82, 2.24) is 9.97 Å². The Bertz CT molecular complexity index is 506. The van der Waals surface area contributed by atoms with Gasteiger partial charge in [0.1, 0.15) is 5.82 Å². The Morgan fingerprint density at radius 1 is 1.35 bits per heavy atom. The van der Waals surface area contributed by atoms with Crippen molar-refractivity contribution in [3.63, 3.8) is 0 Å². The Hall–Kier alpha value is -2.18. The van der Waals surface area contributed by atoms with Gasteiger partial charge in [0.05, 0.1) is 25.4 Å². The average molecular weight is 279 g/mol. The summed E-state index contributed by atoms with van der Waals surface area (Å²) in [6.45, 7) is 0. The third-order valence-electron chi connectivity index (χ3n) is 3.45. The number of carboxylic acids is 1. The first-order valence-corrected chi connectivity index (χ1v) is 6.51. The van der Waals surface area contributed by atoms with E-state index in [2.05, 4.69) is 20.0 Å². The number of carbonyl (C=O) groups excluding carboxylic acids is 1. The highest BCUT2D eigenvalue weighted by Crippen LogP contribution is 2.27. The summed E-state index contributed by atoms with van der Waals surface area (Å²) in [6, 6.07) is -0.191. The minimum Gasteiger partial charge on any atom is -0.481 e. The number of hydrogen-bond acceptors (Lipinski definition) is 6. The Morgan fingerprint density at radius 2 is 2.10 bits per heavy atom. The van der Waals surface area contributed by atoms with Crippen molar-refractivity contribution in [2.75, 3.05) is 12.4 Å². The molecule has 108 valence electrons. The number of carbonyl (C=O) groups is 2. The Labute approximate surface area is 116 Å². The molecule has 0 aromatic carbocycles. The molecule has 2 unspecified atom stereocenters. The molecule has 2 N–H and O–H groups in total. The first-order chi connectivity index (χ1) is 9.61. The number of nitrogens with one attached hydrogen (secondary N) is 1.